The van der Waals surface area contributed by atoms with Gasteiger partial charge in [-0.25, -0.2) is 0 Å². The van der Waals surface area contributed by atoms with Crippen molar-refractivity contribution in [3.05, 3.63) is 33.8 Å². The Kier molecular flexibility index (Phi) is 5.15. The van der Waals surface area contributed by atoms with E-state index in [2.05, 4.69) is 21.2 Å². The molecule has 0 radical (unpaired) electrons. The van der Waals surface area contributed by atoms with Crippen molar-refractivity contribution in [2.24, 2.45) is 0 Å². The summed E-state index contributed by atoms with van der Waals surface area (Å²) in [5, 5.41) is 11.0. The molecule has 0 unspecified atom stereocenters. The van der Waals surface area contributed by atoms with Gasteiger partial charge in [0.25, 0.3) is 0 Å². The number of nitrogens with one attached hydrogen (secondary N) is 1. The summed E-state index contributed by atoms with van der Waals surface area (Å²) in [5.41, 5.74) is 2.01. The van der Waals surface area contributed by atoms with Crippen LogP contribution in [0.3, 0.4) is 0 Å². The van der Waals surface area contributed by atoms with Crippen molar-refractivity contribution in [3.8, 4) is 0 Å². The van der Waals surface area contributed by atoms with Gasteiger partial charge in [0, 0.05) is 11.0 Å². The summed E-state index contributed by atoms with van der Waals surface area (Å²) in [5.74, 6) is -1.08. The highest BCUT2D eigenvalue weighted by molar-refractivity contribution is 9.10. The average molecular weight is 300 g/mol. The molecule has 17 heavy (non-hydrogen) atoms. The molecule has 1 amide bonds. The van der Waals surface area contributed by atoms with Crippen LogP contribution < -0.4 is 5.32 Å². The Morgan fingerprint density at radius 1 is 1.41 bits per heavy atom. The molecule has 5 heteroatoms. The van der Waals surface area contributed by atoms with Crippen LogP contribution in [0.25, 0.3) is 0 Å². The Balaban J connectivity index is 2.45. The first kappa shape index (κ1) is 13.7. The maximum atomic E-state index is 11.5. The lowest BCUT2D eigenvalue weighted by Crippen LogP contribution is -2.27. The Morgan fingerprint density at radius 3 is 2.71 bits per heavy atom. The van der Waals surface area contributed by atoms with Gasteiger partial charge >= 0.3 is 5.97 Å². The number of benzene rings is 1. The Hall–Kier alpha value is -1.36. The highest BCUT2D eigenvalue weighted by atomic mass is 79.9. The predicted octanol–water partition coefficient (Wildman–Crippen LogP) is 1.89. The van der Waals surface area contributed by atoms with Crippen LogP contribution in [0.5, 0.6) is 0 Å². The van der Waals surface area contributed by atoms with Crippen LogP contribution in [0.4, 0.5) is 0 Å². The highest BCUT2D eigenvalue weighted by Crippen LogP contribution is 2.17. The lowest BCUT2D eigenvalue weighted by molar-refractivity contribution is -0.136. The SMILES string of the molecule is Cc1ccc(CC(=O)NCCC(=O)O)cc1Br. The smallest absolute Gasteiger partial charge is 0.305 e. The van der Waals surface area contributed by atoms with Crippen molar-refractivity contribution in [1.29, 1.82) is 0 Å². The second kappa shape index (κ2) is 6.39. The van der Waals surface area contributed by atoms with Gasteiger partial charge < -0.3 is 10.4 Å². The summed E-state index contributed by atoms with van der Waals surface area (Å²) in [6.45, 7) is 2.14. The topological polar surface area (TPSA) is 66.4 Å². The minimum absolute atomic E-state index is 0.0522. The quantitative estimate of drug-likeness (QED) is 0.872. The normalized spacial score (nSPS) is 10.0. The lowest BCUT2D eigenvalue weighted by atomic mass is 10.1. The van der Waals surface area contributed by atoms with E-state index in [4.69, 9.17) is 5.11 Å². The summed E-state index contributed by atoms with van der Waals surface area (Å²) in [6.07, 6.45) is 0.210. The third-order valence-electron chi connectivity index (χ3n) is 2.26. The van der Waals surface area contributed by atoms with Crippen molar-refractivity contribution < 1.29 is 14.7 Å². The van der Waals surface area contributed by atoms with E-state index < -0.39 is 5.97 Å². The zero-order chi connectivity index (χ0) is 12.8. The standard InChI is InChI=1S/C12H14BrNO3/c1-8-2-3-9(6-10(8)13)7-11(15)14-5-4-12(16)17/h2-3,6H,4-5,7H2,1H3,(H,14,15)(H,16,17). The van der Waals surface area contributed by atoms with Gasteiger partial charge in [-0.1, -0.05) is 28.1 Å². The first-order valence-corrected chi connectivity index (χ1v) is 6.02. The van der Waals surface area contributed by atoms with E-state index in [1.54, 1.807) is 0 Å². The van der Waals surface area contributed by atoms with Crippen LogP contribution in [0.2, 0.25) is 0 Å². The minimum Gasteiger partial charge on any atom is -0.481 e. The first-order valence-electron chi connectivity index (χ1n) is 5.22. The molecule has 0 aliphatic heterocycles. The second-order valence-corrected chi connectivity index (χ2v) is 4.61. The van der Waals surface area contributed by atoms with E-state index in [0.29, 0.717) is 0 Å². The molecule has 1 aromatic rings. The molecule has 0 atom stereocenters. The Morgan fingerprint density at radius 2 is 2.12 bits per heavy atom. The summed E-state index contributed by atoms with van der Waals surface area (Å²) in [4.78, 5) is 21.7. The van der Waals surface area contributed by atoms with Gasteiger partial charge in [0.1, 0.15) is 0 Å². The van der Waals surface area contributed by atoms with E-state index in [1.165, 1.54) is 0 Å². The largest absolute Gasteiger partial charge is 0.481 e. The molecule has 0 fully saturated rings. The van der Waals surface area contributed by atoms with E-state index in [1.807, 2.05) is 25.1 Å². The average Bonchev–Trinajstić information content (AvgIpc) is 2.23. The number of carbonyl (C=O) groups excluding carboxylic acids is 1. The van der Waals surface area contributed by atoms with Gasteiger partial charge in [-0.15, -0.1) is 0 Å². The summed E-state index contributed by atoms with van der Waals surface area (Å²) in [7, 11) is 0. The molecule has 2 N–H and O–H groups in total. The number of rotatable bonds is 5. The molecule has 0 spiro atoms. The maximum Gasteiger partial charge on any atom is 0.305 e. The molecule has 4 nitrogen and oxygen atoms in total. The monoisotopic (exact) mass is 299 g/mol. The lowest BCUT2D eigenvalue weighted by Gasteiger charge is -2.05. The fourth-order valence-electron chi connectivity index (χ4n) is 1.30. The molecule has 0 aliphatic rings. The van der Waals surface area contributed by atoms with E-state index in [9.17, 15) is 9.59 Å². The van der Waals surface area contributed by atoms with Crippen LogP contribution >= 0.6 is 15.9 Å². The molecule has 0 heterocycles. The Bertz CT molecular complexity index is 432. The molecular formula is C12H14BrNO3. The fraction of sp³-hybridized carbons (Fsp3) is 0.333. The zero-order valence-electron chi connectivity index (χ0n) is 9.50. The van der Waals surface area contributed by atoms with Crippen molar-refractivity contribution >= 4 is 27.8 Å². The number of carboxylic acid groups (broad SMARTS) is 1. The van der Waals surface area contributed by atoms with Crippen LogP contribution in [0.1, 0.15) is 17.5 Å². The number of hydrogen-bond acceptors (Lipinski definition) is 2. The van der Waals surface area contributed by atoms with Crippen molar-refractivity contribution in [3.63, 3.8) is 0 Å². The molecule has 1 rings (SSSR count). The van der Waals surface area contributed by atoms with Crippen LogP contribution in [-0.4, -0.2) is 23.5 Å². The van der Waals surface area contributed by atoms with Gasteiger partial charge in [0.05, 0.1) is 12.8 Å². The molecule has 0 saturated carbocycles. The van der Waals surface area contributed by atoms with Crippen LogP contribution in [-0.2, 0) is 16.0 Å². The predicted molar refractivity (Wildman–Crippen MR) is 67.8 cm³/mol. The third kappa shape index (κ3) is 4.99. The van der Waals surface area contributed by atoms with Crippen molar-refractivity contribution in [2.75, 3.05) is 6.54 Å². The van der Waals surface area contributed by atoms with Gasteiger partial charge in [0.15, 0.2) is 0 Å². The molecule has 0 aliphatic carbocycles. The minimum atomic E-state index is -0.914. The van der Waals surface area contributed by atoms with E-state index in [0.717, 1.165) is 15.6 Å². The number of carboxylic acids is 1. The molecular weight excluding hydrogens is 286 g/mol. The fourth-order valence-corrected chi connectivity index (χ4v) is 1.73. The summed E-state index contributed by atoms with van der Waals surface area (Å²) in [6, 6.07) is 5.72. The number of hydrogen-bond donors (Lipinski definition) is 2. The number of aryl methyl sites for hydroxylation is 1. The molecule has 0 aromatic heterocycles. The van der Waals surface area contributed by atoms with Crippen LogP contribution in [0.15, 0.2) is 22.7 Å². The van der Waals surface area contributed by atoms with Gasteiger partial charge in [0.2, 0.25) is 5.91 Å². The number of aliphatic carboxylic acids is 1. The second-order valence-electron chi connectivity index (χ2n) is 3.75. The molecule has 0 bridgehead atoms. The molecule has 0 saturated heterocycles. The van der Waals surface area contributed by atoms with Gasteiger partial charge in [-0.3, -0.25) is 9.59 Å². The molecule has 1 aromatic carbocycles. The van der Waals surface area contributed by atoms with E-state index >= 15 is 0 Å². The summed E-state index contributed by atoms with van der Waals surface area (Å²) < 4.78 is 0.966. The molecule has 92 valence electrons. The van der Waals surface area contributed by atoms with Crippen molar-refractivity contribution in [2.45, 2.75) is 19.8 Å². The number of amides is 1. The van der Waals surface area contributed by atoms with Gasteiger partial charge in [-0.2, -0.15) is 0 Å². The highest BCUT2D eigenvalue weighted by Gasteiger charge is 2.05. The van der Waals surface area contributed by atoms with Crippen molar-refractivity contribution in [1.82, 2.24) is 5.32 Å². The van der Waals surface area contributed by atoms with E-state index in [-0.39, 0.29) is 25.3 Å². The number of carbonyl (C=O) groups is 2. The zero-order valence-corrected chi connectivity index (χ0v) is 11.1. The van der Waals surface area contributed by atoms with Crippen LogP contribution in [0, 0.1) is 6.92 Å². The first-order chi connectivity index (χ1) is 7.99. The third-order valence-corrected chi connectivity index (χ3v) is 3.12. The maximum absolute atomic E-state index is 11.5. The Labute approximate surface area is 108 Å². The number of halogens is 1. The summed E-state index contributed by atoms with van der Waals surface area (Å²) >= 11 is 3.40. The van der Waals surface area contributed by atoms with Gasteiger partial charge in [-0.05, 0) is 24.1 Å².